The lowest BCUT2D eigenvalue weighted by Crippen LogP contribution is -2.36. The Morgan fingerprint density at radius 2 is 1.34 bits per heavy atom. The summed E-state index contributed by atoms with van der Waals surface area (Å²) in [5.41, 5.74) is 0.156. The summed E-state index contributed by atoms with van der Waals surface area (Å²) in [6.07, 6.45) is 5.71. The number of benzene rings is 5. The van der Waals surface area contributed by atoms with E-state index in [0.29, 0.717) is 75.6 Å². The van der Waals surface area contributed by atoms with E-state index in [9.17, 15) is 92.5 Å². The normalized spacial score (nSPS) is 18.2. The molecule has 6 N–H and O–H groups in total. The molecule has 0 saturated heterocycles. The van der Waals surface area contributed by atoms with Crippen molar-refractivity contribution in [3.05, 3.63) is 118 Å². The zero-order valence-electron chi connectivity index (χ0n) is 44.1. The number of rotatable bonds is 21. The second kappa shape index (κ2) is 22.2. The molecule has 3 heterocycles. The highest BCUT2D eigenvalue weighted by Gasteiger charge is 2.47. The molecule has 0 radical (unpaired) electrons. The van der Waals surface area contributed by atoms with Gasteiger partial charge < -0.3 is 19.5 Å². The van der Waals surface area contributed by atoms with Gasteiger partial charge in [-0.1, -0.05) is 18.2 Å². The van der Waals surface area contributed by atoms with E-state index in [1.807, 2.05) is 4.58 Å². The molecule has 8 rings (SSSR count). The quantitative estimate of drug-likeness (QED) is 0.0278. The SMILES string of the molecule is CC1(C)C(C=CC=C2N(CCCS(=O)(=O)[O-])c3ccc4ccc(S(=O)(=O)O)cc4c3C2(C)CCCS(=O)(=O)O)=[N+](CCCCCC(=O)N2CCc3cc(C(=O)O)cc(S(=O)(=O)O)c3C2)c2ccc3c(S(=O)(=O)O)cc(S(=O)(=O)O)cc3c21. The van der Waals surface area contributed by atoms with Gasteiger partial charge in [-0.15, -0.1) is 0 Å². The molecule has 0 aliphatic carbocycles. The van der Waals surface area contributed by atoms with Crippen LogP contribution < -0.4 is 4.90 Å². The Hall–Kier alpha value is -6.03. The molecule has 3 aliphatic heterocycles. The molecule has 0 fully saturated rings. The van der Waals surface area contributed by atoms with Crippen molar-refractivity contribution in [1.29, 1.82) is 0 Å². The van der Waals surface area contributed by atoms with E-state index in [1.54, 1.807) is 62.1 Å². The van der Waals surface area contributed by atoms with Gasteiger partial charge >= 0.3 is 5.97 Å². The van der Waals surface area contributed by atoms with Gasteiger partial charge in [-0.3, -0.25) is 27.6 Å². The fourth-order valence-electron chi connectivity index (χ4n) is 11.6. The van der Waals surface area contributed by atoms with Gasteiger partial charge in [0.1, 0.15) is 11.4 Å². The Labute approximate surface area is 474 Å². The van der Waals surface area contributed by atoms with Crippen LogP contribution in [0.4, 0.5) is 11.4 Å². The summed E-state index contributed by atoms with van der Waals surface area (Å²) in [5.74, 6) is -3.24. The number of hydrogen-bond acceptors (Lipinski definition) is 16. The molecule has 0 bridgehead atoms. The fraction of sp³-hybridized carbons (Fsp3) is 0.365. The van der Waals surface area contributed by atoms with Gasteiger partial charge in [-0.05, 0) is 147 Å². The number of allylic oxidation sites excluding steroid dienone is 4. The molecular formula is C52H57N3O21S6. The summed E-state index contributed by atoms with van der Waals surface area (Å²) >= 11 is 0. The van der Waals surface area contributed by atoms with Gasteiger partial charge in [0.25, 0.3) is 50.6 Å². The van der Waals surface area contributed by atoms with Crippen LogP contribution in [0.2, 0.25) is 0 Å². The van der Waals surface area contributed by atoms with Crippen LogP contribution in [0.15, 0.2) is 110 Å². The monoisotopic (exact) mass is 1250 g/mol. The van der Waals surface area contributed by atoms with Crippen molar-refractivity contribution >= 4 is 111 Å². The molecule has 1 amide bonds. The Morgan fingerprint density at radius 1 is 0.683 bits per heavy atom. The van der Waals surface area contributed by atoms with Gasteiger partial charge in [-0.25, -0.2) is 13.2 Å². The van der Waals surface area contributed by atoms with Crippen LogP contribution >= 0.6 is 0 Å². The van der Waals surface area contributed by atoms with Crippen LogP contribution in [0.3, 0.4) is 0 Å². The van der Waals surface area contributed by atoms with E-state index < -0.39 is 109 Å². The van der Waals surface area contributed by atoms with Crippen molar-refractivity contribution in [3.8, 4) is 0 Å². The minimum Gasteiger partial charge on any atom is -0.748 e. The summed E-state index contributed by atoms with van der Waals surface area (Å²) in [5, 5.41) is 10.3. The topological polar surface area (TPSA) is 393 Å². The second-order valence-electron chi connectivity index (χ2n) is 21.1. The number of carbonyl (C=O) groups is 2. The summed E-state index contributed by atoms with van der Waals surface area (Å²) in [6.45, 7) is 5.21. The molecule has 0 aromatic heterocycles. The number of nitrogens with zero attached hydrogens (tertiary/aromatic N) is 3. The van der Waals surface area contributed by atoms with Crippen LogP contribution in [-0.4, -0.2) is 141 Å². The maximum absolute atomic E-state index is 13.6. The maximum Gasteiger partial charge on any atom is 0.335 e. The second-order valence-corrected chi connectivity index (χ2v) is 29.8. The fourth-order valence-corrected chi connectivity index (χ4v) is 15.3. The van der Waals surface area contributed by atoms with Gasteiger partial charge in [0.05, 0.1) is 41.5 Å². The average Bonchev–Trinajstić information content (AvgIpc) is 1.65. The Morgan fingerprint density at radius 3 is 1.96 bits per heavy atom. The molecule has 1 unspecified atom stereocenters. The average molecular weight is 1250 g/mol. The van der Waals surface area contributed by atoms with Crippen molar-refractivity contribution in [2.75, 3.05) is 36.0 Å². The third-order valence-electron chi connectivity index (χ3n) is 15.3. The van der Waals surface area contributed by atoms with E-state index >= 15 is 0 Å². The van der Waals surface area contributed by atoms with Crippen molar-refractivity contribution in [2.45, 2.75) is 109 Å². The predicted molar refractivity (Wildman–Crippen MR) is 298 cm³/mol. The van der Waals surface area contributed by atoms with Crippen molar-refractivity contribution in [3.63, 3.8) is 0 Å². The van der Waals surface area contributed by atoms with E-state index in [0.717, 1.165) is 12.1 Å². The van der Waals surface area contributed by atoms with E-state index in [1.165, 1.54) is 35.2 Å². The number of carboxylic acids is 1. The minimum absolute atomic E-state index is 0.00755. The number of anilines is 1. The van der Waals surface area contributed by atoms with Gasteiger partial charge in [-0.2, -0.15) is 46.7 Å². The minimum atomic E-state index is -5.13. The number of aromatic carboxylic acids is 1. The number of amides is 1. The highest BCUT2D eigenvalue weighted by atomic mass is 32.2. The first kappa shape index (κ1) is 62.0. The van der Waals surface area contributed by atoms with Crippen LogP contribution in [-0.2, 0) is 89.3 Å². The number of unbranched alkanes of at least 4 members (excludes halogenated alkanes) is 2. The first-order valence-electron chi connectivity index (χ1n) is 25.3. The molecular weight excluding hydrogens is 1190 g/mol. The molecule has 0 saturated carbocycles. The Kier molecular flexibility index (Phi) is 16.8. The van der Waals surface area contributed by atoms with E-state index in [4.69, 9.17) is 0 Å². The molecule has 3 aliphatic rings. The van der Waals surface area contributed by atoms with E-state index in [-0.39, 0.29) is 86.1 Å². The van der Waals surface area contributed by atoms with Crippen molar-refractivity contribution in [2.24, 2.45) is 0 Å². The standard InChI is InChI=1S/C52H57N3O21S6/c1-51(2)45(10-7-11-46-52(3,20-8-24-77(59,60)61)49-38-28-35(79(65,66)67)15-13-32(38)14-17-42(49)55(46)22-9-25-78(62,63)64)54(41-18-16-37-39(48(41)51)29-36(80(68,69)70)30-44(37)82(74,75)76)21-6-4-5-12-47(56)53-23-19-33-26-34(50(57)58)27-43(40(33)31-53)81(71,72)73/h7,10-11,13-18,26-30H,4-6,8-9,12,19-25,31H2,1-3H3,(H6-,57,58,59,60,61,62,63,64,65,66,67,68,69,70,71,72,73,74,75,76). The van der Waals surface area contributed by atoms with Crippen LogP contribution in [0, 0.1) is 0 Å². The zero-order chi connectivity index (χ0) is 60.5. The third-order valence-corrected chi connectivity index (χ3v) is 20.3. The summed E-state index contributed by atoms with van der Waals surface area (Å²) < 4.78 is 213. The lowest BCUT2D eigenvalue weighted by molar-refractivity contribution is -0.438. The van der Waals surface area contributed by atoms with Crippen molar-refractivity contribution in [1.82, 2.24) is 4.90 Å². The Balaban J connectivity index is 1.21. The first-order chi connectivity index (χ1) is 37.8. The first-order valence-corrected chi connectivity index (χ1v) is 34.2. The van der Waals surface area contributed by atoms with Crippen LogP contribution in [0.5, 0.6) is 0 Å². The molecule has 5 aromatic rings. The van der Waals surface area contributed by atoms with Crippen LogP contribution in [0.1, 0.15) is 98.3 Å². The highest BCUT2D eigenvalue weighted by molar-refractivity contribution is 7.87. The molecule has 0 spiro atoms. The third kappa shape index (κ3) is 12.9. The molecule has 1 atom stereocenters. The lowest BCUT2D eigenvalue weighted by atomic mass is 9.75. The summed E-state index contributed by atoms with van der Waals surface area (Å²) in [4.78, 5) is 25.7. The van der Waals surface area contributed by atoms with Crippen LogP contribution in [0.25, 0.3) is 21.5 Å². The molecule has 24 nitrogen and oxygen atoms in total. The molecule has 30 heteroatoms. The summed E-state index contributed by atoms with van der Waals surface area (Å²) in [6, 6.07) is 14.0. The number of carbonyl (C=O) groups excluding carboxylic acids is 1. The molecule has 442 valence electrons. The zero-order valence-corrected chi connectivity index (χ0v) is 49.0. The summed E-state index contributed by atoms with van der Waals surface area (Å²) in [7, 11) is -29.1. The number of hydrogen-bond donors (Lipinski definition) is 6. The highest BCUT2D eigenvalue weighted by Crippen LogP contribution is 2.54. The van der Waals surface area contributed by atoms with Gasteiger partial charge in [0, 0.05) is 78.1 Å². The Bertz CT molecular complexity index is 4350. The molecule has 5 aromatic carbocycles. The largest absolute Gasteiger partial charge is 0.748 e. The smallest absolute Gasteiger partial charge is 0.335 e. The predicted octanol–water partition coefficient (Wildman–Crippen LogP) is 6.02. The lowest BCUT2D eigenvalue weighted by Gasteiger charge is -2.31. The van der Waals surface area contributed by atoms with E-state index in [2.05, 4.69) is 0 Å². The number of carboxylic acid groups (broad SMARTS) is 1. The maximum atomic E-state index is 13.6. The van der Waals surface area contributed by atoms with Crippen molar-refractivity contribution < 1.29 is 97.1 Å². The van der Waals surface area contributed by atoms with Gasteiger partial charge in [0.15, 0.2) is 5.71 Å². The van der Waals surface area contributed by atoms with Gasteiger partial charge in [0.2, 0.25) is 11.6 Å². The number of fused-ring (bicyclic) bond motifs is 7. The molecule has 82 heavy (non-hydrogen) atoms.